The standard InChI is InChI=1S/C13H12Cl2N2/c1-17(11-3-2-6-16-8-11)9-10-4-5-12(14)13(15)7-10/h2-8H,9H2,1H3. The van der Waals surface area contributed by atoms with Crippen molar-refractivity contribution in [1.82, 2.24) is 4.98 Å². The van der Waals surface area contributed by atoms with Crippen LogP contribution in [0.15, 0.2) is 42.7 Å². The highest BCUT2D eigenvalue weighted by Crippen LogP contribution is 2.23. The number of hydrogen-bond acceptors (Lipinski definition) is 2. The Bertz CT molecular complexity index is 500. The SMILES string of the molecule is CN(Cc1ccc(Cl)c(Cl)c1)c1cccnc1. The molecule has 0 saturated heterocycles. The molecule has 0 spiro atoms. The first-order valence-electron chi connectivity index (χ1n) is 5.22. The van der Waals surface area contributed by atoms with E-state index in [1.807, 2.05) is 43.6 Å². The van der Waals surface area contributed by atoms with Crippen LogP contribution in [0.1, 0.15) is 5.56 Å². The van der Waals surface area contributed by atoms with Crippen LogP contribution in [0, 0.1) is 0 Å². The molecule has 0 fully saturated rings. The van der Waals surface area contributed by atoms with Crippen molar-refractivity contribution in [2.75, 3.05) is 11.9 Å². The van der Waals surface area contributed by atoms with Crippen molar-refractivity contribution in [3.05, 3.63) is 58.3 Å². The van der Waals surface area contributed by atoms with E-state index >= 15 is 0 Å². The third kappa shape index (κ3) is 3.11. The van der Waals surface area contributed by atoms with Gasteiger partial charge in [0, 0.05) is 19.8 Å². The topological polar surface area (TPSA) is 16.1 Å². The summed E-state index contributed by atoms with van der Waals surface area (Å²) in [6.45, 7) is 0.766. The molecule has 0 aliphatic heterocycles. The predicted molar refractivity (Wildman–Crippen MR) is 72.8 cm³/mol. The van der Waals surface area contributed by atoms with E-state index in [0.717, 1.165) is 17.8 Å². The Labute approximate surface area is 111 Å². The summed E-state index contributed by atoms with van der Waals surface area (Å²) >= 11 is 11.9. The molecular formula is C13H12Cl2N2. The number of aromatic nitrogens is 1. The number of hydrogen-bond donors (Lipinski definition) is 0. The minimum Gasteiger partial charge on any atom is -0.369 e. The van der Waals surface area contributed by atoms with Crippen LogP contribution in [0.25, 0.3) is 0 Å². The molecule has 2 nitrogen and oxygen atoms in total. The van der Waals surface area contributed by atoms with E-state index in [9.17, 15) is 0 Å². The Morgan fingerprint density at radius 2 is 2.00 bits per heavy atom. The normalized spacial score (nSPS) is 10.3. The summed E-state index contributed by atoms with van der Waals surface area (Å²) in [7, 11) is 2.01. The van der Waals surface area contributed by atoms with Gasteiger partial charge in [-0.3, -0.25) is 4.98 Å². The monoisotopic (exact) mass is 266 g/mol. The van der Waals surface area contributed by atoms with Crippen LogP contribution >= 0.6 is 23.2 Å². The van der Waals surface area contributed by atoms with E-state index in [0.29, 0.717) is 10.0 Å². The molecule has 0 bridgehead atoms. The Morgan fingerprint density at radius 3 is 2.65 bits per heavy atom. The highest BCUT2D eigenvalue weighted by atomic mass is 35.5. The van der Waals surface area contributed by atoms with E-state index in [2.05, 4.69) is 9.88 Å². The average Bonchev–Trinajstić information content (AvgIpc) is 2.35. The van der Waals surface area contributed by atoms with E-state index in [4.69, 9.17) is 23.2 Å². The first kappa shape index (κ1) is 12.2. The lowest BCUT2D eigenvalue weighted by Gasteiger charge is -2.19. The van der Waals surface area contributed by atoms with Crippen molar-refractivity contribution >= 4 is 28.9 Å². The zero-order chi connectivity index (χ0) is 12.3. The number of pyridine rings is 1. The molecule has 2 rings (SSSR count). The zero-order valence-corrected chi connectivity index (χ0v) is 10.9. The molecule has 0 aliphatic rings. The maximum Gasteiger partial charge on any atom is 0.0595 e. The largest absolute Gasteiger partial charge is 0.369 e. The van der Waals surface area contributed by atoms with Crippen molar-refractivity contribution in [1.29, 1.82) is 0 Å². The molecule has 0 N–H and O–H groups in total. The summed E-state index contributed by atoms with van der Waals surface area (Å²) in [6.07, 6.45) is 3.59. The van der Waals surface area contributed by atoms with Gasteiger partial charge < -0.3 is 4.90 Å². The average molecular weight is 267 g/mol. The first-order chi connectivity index (χ1) is 8.16. The number of nitrogens with zero attached hydrogens (tertiary/aromatic N) is 2. The van der Waals surface area contributed by atoms with Crippen LogP contribution in [0.5, 0.6) is 0 Å². The molecule has 0 aliphatic carbocycles. The summed E-state index contributed by atoms with van der Waals surface area (Å²) < 4.78 is 0. The fraction of sp³-hybridized carbons (Fsp3) is 0.154. The van der Waals surface area contributed by atoms with Crippen molar-refractivity contribution in [2.24, 2.45) is 0 Å². The van der Waals surface area contributed by atoms with Crippen LogP contribution in [-0.2, 0) is 6.54 Å². The summed E-state index contributed by atoms with van der Waals surface area (Å²) in [5, 5.41) is 1.17. The molecule has 2 aromatic rings. The summed E-state index contributed by atoms with van der Waals surface area (Å²) in [6, 6.07) is 9.61. The molecule has 0 radical (unpaired) electrons. The Hall–Kier alpha value is -1.25. The fourth-order valence-corrected chi connectivity index (χ4v) is 1.90. The second kappa shape index (κ2) is 5.39. The molecular weight excluding hydrogens is 255 g/mol. The molecule has 1 aromatic carbocycles. The smallest absolute Gasteiger partial charge is 0.0595 e. The van der Waals surface area contributed by atoms with Crippen LogP contribution in [-0.4, -0.2) is 12.0 Å². The van der Waals surface area contributed by atoms with Crippen LogP contribution in [0.4, 0.5) is 5.69 Å². The van der Waals surface area contributed by atoms with Crippen LogP contribution < -0.4 is 4.90 Å². The molecule has 0 saturated carbocycles. The van der Waals surface area contributed by atoms with Crippen molar-refractivity contribution in [3.8, 4) is 0 Å². The number of rotatable bonds is 3. The highest BCUT2D eigenvalue weighted by Gasteiger charge is 2.04. The van der Waals surface area contributed by atoms with Gasteiger partial charge >= 0.3 is 0 Å². The van der Waals surface area contributed by atoms with Gasteiger partial charge in [-0.2, -0.15) is 0 Å². The minimum absolute atomic E-state index is 0.583. The van der Waals surface area contributed by atoms with Gasteiger partial charge in [-0.15, -0.1) is 0 Å². The summed E-state index contributed by atoms with van der Waals surface area (Å²) in [4.78, 5) is 6.19. The van der Waals surface area contributed by atoms with Gasteiger partial charge in [0.1, 0.15) is 0 Å². The molecule has 17 heavy (non-hydrogen) atoms. The van der Waals surface area contributed by atoms with Gasteiger partial charge in [-0.25, -0.2) is 0 Å². The quantitative estimate of drug-likeness (QED) is 0.834. The van der Waals surface area contributed by atoms with E-state index in [1.165, 1.54) is 0 Å². The molecule has 0 atom stereocenters. The maximum atomic E-state index is 5.98. The Balaban J connectivity index is 2.13. The lowest BCUT2D eigenvalue weighted by molar-refractivity contribution is 0.918. The number of benzene rings is 1. The summed E-state index contributed by atoms with van der Waals surface area (Å²) in [5.41, 5.74) is 2.18. The van der Waals surface area contributed by atoms with Crippen molar-refractivity contribution in [2.45, 2.75) is 6.54 Å². The maximum absolute atomic E-state index is 5.98. The Morgan fingerprint density at radius 1 is 1.18 bits per heavy atom. The lowest BCUT2D eigenvalue weighted by Crippen LogP contribution is -2.16. The Kier molecular flexibility index (Phi) is 3.87. The second-order valence-corrected chi connectivity index (χ2v) is 4.63. The molecule has 1 aromatic heterocycles. The molecule has 1 heterocycles. The predicted octanol–water partition coefficient (Wildman–Crippen LogP) is 4.02. The lowest BCUT2D eigenvalue weighted by atomic mass is 10.2. The molecule has 0 unspecified atom stereocenters. The number of halogens is 2. The van der Waals surface area contributed by atoms with E-state index in [-0.39, 0.29) is 0 Å². The van der Waals surface area contributed by atoms with Crippen LogP contribution in [0.3, 0.4) is 0 Å². The van der Waals surface area contributed by atoms with E-state index in [1.54, 1.807) is 6.20 Å². The van der Waals surface area contributed by atoms with Gasteiger partial charge in [0.05, 0.1) is 21.9 Å². The fourth-order valence-electron chi connectivity index (χ4n) is 1.58. The van der Waals surface area contributed by atoms with Crippen LogP contribution in [0.2, 0.25) is 10.0 Å². The zero-order valence-electron chi connectivity index (χ0n) is 9.40. The van der Waals surface area contributed by atoms with Gasteiger partial charge in [0.15, 0.2) is 0 Å². The molecule has 88 valence electrons. The highest BCUT2D eigenvalue weighted by molar-refractivity contribution is 6.42. The third-order valence-corrected chi connectivity index (χ3v) is 3.23. The minimum atomic E-state index is 0.583. The van der Waals surface area contributed by atoms with Gasteiger partial charge in [0.25, 0.3) is 0 Å². The second-order valence-electron chi connectivity index (χ2n) is 3.82. The van der Waals surface area contributed by atoms with E-state index < -0.39 is 0 Å². The van der Waals surface area contributed by atoms with Gasteiger partial charge in [0.2, 0.25) is 0 Å². The molecule has 4 heteroatoms. The van der Waals surface area contributed by atoms with Gasteiger partial charge in [-0.05, 0) is 29.8 Å². The van der Waals surface area contributed by atoms with Gasteiger partial charge in [-0.1, -0.05) is 29.3 Å². The van der Waals surface area contributed by atoms with Crippen molar-refractivity contribution in [3.63, 3.8) is 0 Å². The number of anilines is 1. The summed E-state index contributed by atoms with van der Waals surface area (Å²) in [5.74, 6) is 0. The third-order valence-electron chi connectivity index (χ3n) is 2.49. The van der Waals surface area contributed by atoms with Crippen molar-refractivity contribution < 1.29 is 0 Å². The first-order valence-corrected chi connectivity index (χ1v) is 5.97. The molecule has 0 amide bonds.